The minimum atomic E-state index is -0.0212. The van der Waals surface area contributed by atoms with Crippen LogP contribution in [-0.2, 0) is 6.54 Å². The zero-order valence-electron chi connectivity index (χ0n) is 14.0. The molecule has 0 aliphatic rings. The van der Waals surface area contributed by atoms with Crippen molar-refractivity contribution in [2.45, 2.75) is 26.4 Å². The van der Waals surface area contributed by atoms with Gasteiger partial charge < -0.3 is 15.2 Å². The Kier molecular flexibility index (Phi) is 5.27. The molecule has 0 saturated carbocycles. The lowest BCUT2D eigenvalue weighted by atomic mass is 10.1. The van der Waals surface area contributed by atoms with Gasteiger partial charge in [0.1, 0.15) is 5.69 Å². The molecule has 2 heterocycles. The lowest BCUT2D eigenvalue weighted by Crippen LogP contribution is -2.38. The molecular formula is C18H22N4OS. The number of H-pyrrole nitrogens is 1. The lowest BCUT2D eigenvalue weighted by Gasteiger charge is -2.22. The third-order valence-corrected chi connectivity index (χ3v) is 4.50. The van der Waals surface area contributed by atoms with E-state index in [0.29, 0.717) is 24.8 Å². The number of carbonyl (C=O) groups excluding carboxylic acids is 1. The van der Waals surface area contributed by atoms with E-state index >= 15 is 0 Å². The smallest absolute Gasteiger partial charge is 0.273 e. The summed E-state index contributed by atoms with van der Waals surface area (Å²) in [4.78, 5) is 22.1. The summed E-state index contributed by atoms with van der Waals surface area (Å²) in [6.45, 7) is 6.18. The van der Waals surface area contributed by atoms with E-state index in [1.807, 2.05) is 29.3 Å². The van der Waals surface area contributed by atoms with Crippen molar-refractivity contribution in [1.29, 1.82) is 0 Å². The molecule has 3 aromatic rings. The Morgan fingerprint density at radius 2 is 2.21 bits per heavy atom. The van der Waals surface area contributed by atoms with Gasteiger partial charge in [-0.1, -0.05) is 32.0 Å². The topological polar surface area (TPSA) is 61.0 Å². The molecule has 1 aromatic carbocycles. The van der Waals surface area contributed by atoms with Crippen LogP contribution in [0.25, 0.3) is 10.9 Å². The summed E-state index contributed by atoms with van der Waals surface area (Å²) in [6.07, 6.45) is 1.99. The highest BCUT2D eigenvalue weighted by Gasteiger charge is 2.19. The van der Waals surface area contributed by atoms with Crippen LogP contribution in [-0.4, -0.2) is 39.9 Å². The van der Waals surface area contributed by atoms with E-state index in [1.54, 1.807) is 10.9 Å². The maximum Gasteiger partial charge on any atom is 0.273 e. The van der Waals surface area contributed by atoms with Crippen molar-refractivity contribution in [2.24, 2.45) is 0 Å². The number of nitrogens with zero attached hydrogens (tertiary/aromatic N) is 2. The number of amides is 1. The number of thiazole rings is 1. The standard InChI is InChI=1S/C18H22N4OS/c1-13(2)19-7-8-22(18(23)17-11-24-12-21-17)10-14-9-20-16-6-4-3-5-15(14)16/h3-6,9,11-13,19-20H,7-8,10H2,1-2H3. The number of hydrogen-bond donors (Lipinski definition) is 2. The molecule has 3 rings (SSSR count). The monoisotopic (exact) mass is 342 g/mol. The Morgan fingerprint density at radius 3 is 2.96 bits per heavy atom. The zero-order chi connectivity index (χ0) is 16.9. The molecule has 126 valence electrons. The van der Waals surface area contributed by atoms with Gasteiger partial charge in [-0.05, 0) is 11.6 Å². The van der Waals surface area contributed by atoms with Crippen LogP contribution in [0.2, 0.25) is 0 Å². The number of benzene rings is 1. The first kappa shape index (κ1) is 16.7. The highest BCUT2D eigenvalue weighted by atomic mass is 32.1. The van der Waals surface area contributed by atoms with Gasteiger partial charge in [0.15, 0.2) is 0 Å². The first-order valence-corrected chi connectivity index (χ1v) is 9.05. The second-order valence-electron chi connectivity index (χ2n) is 6.07. The van der Waals surface area contributed by atoms with Gasteiger partial charge in [-0.2, -0.15) is 0 Å². The predicted molar refractivity (Wildman–Crippen MR) is 98.3 cm³/mol. The molecule has 0 saturated heterocycles. The van der Waals surface area contributed by atoms with E-state index < -0.39 is 0 Å². The van der Waals surface area contributed by atoms with Crippen molar-refractivity contribution >= 4 is 28.1 Å². The minimum Gasteiger partial charge on any atom is -0.361 e. The Labute approximate surface area is 145 Å². The summed E-state index contributed by atoms with van der Waals surface area (Å²) in [5.41, 5.74) is 4.43. The van der Waals surface area contributed by atoms with Crippen molar-refractivity contribution < 1.29 is 4.79 Å². The molecular weight excluding hydrogens is 320 g/mol. The Bertz CT molecular complexity index is 794. The Balaban J connectivity index is 1.79. The van der Waals surface area contributed by atoms with Crippen LogP contribution in [0.3, 0.4) is 0 Å². The van der Waals surface area contributed by atoms with Crippen LogP contribution in [0.4, 0.5) is 0 Å². The summed E-state index contributed by atoms with van der Waals surface area (Å²) in [7, 11) is 0. The van der Waals surface area contributed by atoms with Gasteiger partial charge in [-0.3, -0.25) is 4.79 Å². The second kappa shape index (κ2) is 7.59. The lowest BCUT2D eigenvalue weighted by molar-refractivity contribution is 0.0739. The summed E-state index contributed by atoms with van der Waals surface area (Å²) >= 11 is 1.44. The fraction of sp³-hybridized carbons (Fsp3) is 0.333. The third kappa shape index (κ3) is 3.83. The van der Waals surface area contributed by atoms with Gasteiger partial charge >= 0.3 is 0 Å². The summed E-state index contributed by atoms with van der Waals surface area (Å²) in [5, 5.41) is 6.34. The third-order valence-electron chi connectivity index (χ3n) is 3.91. The summed E-state index contributed by atoms with van der Waals surface area (Å²) < 4.78 is 0. The number of carbonyl (C=O) groups is 1. The zero-order valence-corrected chi connectivity index (χ0v) is 14.8. The highest BCUT2D eigenvalue weighted by molar-refractivity contribution is 7.07. The molecule has 6 heteroatoms. The molecule has 0 bridgehead atoms. The molecule has 0 aliphatic carbocycles. The first-order chi connectivity index (χ1) is 11.6. The van der Waals surface area contributed by atoms with Crippen LogP contribution in [0.1, 0.15) is 29.9 Å². The number of fused-ring (bicyclic) bond motifs is 1. The van der Waals surface area contributed by atoms with E-state index in [4.69, 9.17) is 0 Å². The highest BCUT2D eigenvalue weighted by Crippen LogP contribution is 2.20. The predicted octanol–water partition coefficient (Wildman–Crippen LogP) is 3.26. The van der Waals surface area contributed by atoms with Crippen molar-refractivity contribution in [2.75, 3.05) is 13.1 Å². The maximum absolute atomic E-state index is 12.8. The number of para-hydroxylation sites is 1. The molecule has 5 nitrogen and oxygen atoms in total. The van der Waals surface area contributed by atoms with Crippen molar-refractivity contribution in [3.63, 3.8) is 0 Å². The second-order valence-corrected chi connectivity index (χ2v) is 6.79. The van der Waals surface area contributed by atoms with Gasteiger partial charge in [-0.15, -0.1) is 11.3 Å². The van der Waals surface area contributed by atoms with Gasteiger partial charge in [-0.25, -0.2) is 4.98 Å². The quantitative estimate of drug-likeness (QED) is 0.693. The van der Waals surface area contributed by atoms with E-state index in [9.17, 15) is 4.79 Å². The Hall–Kier alpha value is -2.18. The SMILES string of the molecule is CC(C)NCCN(Cc1c[nH]c2ccccc12)C(=O)c1cscn1. The molecule has 0 aliphatic heterocycles. The molecule has 1 amide bonds. The van der Waals surface area contributed by atoms with E-state index in [1.165, 1.54) is 11.3 Å². The first-order valence-electron chi connectivity index (χ1n) is 8.11. The molecule has 0 spiro atoms. The van der Waals surface area contributed by atoms with Crippen LogP contribution >= 0.6 is 11.3 Å². The largest absolute Gasteiger partial charge is 0.361 e. The Morgan fingerprint density at radius 1 is 1.38 bits per heavy atom. The fourth-order valence-corrected chi connectivity index (χ4v) is 3.21. The average Bonchev–Trinajstić information content (AvgIpc) is 3.23. The van der Waals surface area contributed by atoms with Crippen LogP contribution in [0.5, 0.6) is 0 Å². The van der Waals surface area contributed by atoms with E-state index in [2.05, 4.69) is 35.2 Å². The molecule has 0 atom stereocenters. The van der Waals surface area contributed by atoms with Crippen LogP contribution < -0.4 is 5.32 Å². The average molecular weight is 342 g/mol. The van der Waals surface area contributed by atoms with Gasteiger partial charge in [0.05, 0.1) is 5.51 Å². The molecule has 2 aromatic heterocycles. The van der Waals surface area contributed by atoms with Crippen molar-refractivity contribution in [3.8, 4) is 0 Å². The number of hydrogen-bond acceptors (Lipinski definition) is 4. The van der Waals surface area contributed by atoms with Gasteiger partial charge in [0.25, 0.3) is 5.91 Å². The van der Waals surface area contributed by atoms with Crippen molar-refractivity contribution in [3.05, 3.63) is 52.6 Å². The van der Waals surface area contributed by atoms with E-state index in [0.717, 1.165) is 23.0 Å². The number of aromatic nitrogens is 2. The summed E-state index contributed by atoms with van der Waals surface area (Å²) in [5.74, 6) is -0.0212. The number of rotatable bonds is 7. The minimum absolute atomic E-state index is 0.0212. The molecule has 24 heavy (non-hydrogen) atoms. The fourth-order valence-electron chi connectivity index (χ4n) is 2.69. The molecule has 0 unspecified atom stereocenters. The van der Waals surface area contributed by atoms with E-state index in [-0.39, 0.29) is 5.91 Å². The van der Waals surface area contributed by atoms with Gasteiger partial charge in [0, 0.05) is 48.2 Å². The van der Waals surface area contributed by atoms with Crippen LogP contribution in [0, 0.1) is 0 Å². The normalized spacial score (nSPS) is 11.3. The number of nitrogens with one attached hydrogen (secondary N) is 2. The molecule has 0 radical (unpaired) electrons. The van der Waals surface area contributed by atoms with Gasteiger partial charge in [0.2, 0.25) is 0 Å². The van der Waals surface area contributed by atoms with Crippen LogP contribution in [0.15, 0.2) is 41.4 Å². The number of aromatic amines is 1. The summed E-state index contributed by atoms with van der Waals surface area (Å²) in [6, 6.07) is 8.55. The molecule has 2 N–H and O–H groups in total. The maximum atomic E-state index is 12.8. The van der Waals surface area contributed by atoms with Crippen molar-refractivity contribution in [1.82, 2.24) is 20.2 Å². The molecule has 0 fully saturated rings.